The number of amides is 2. The number of rotatable bonds is 4. The second-order valence-electron chi connectivity index (χ2n) is 5.80. The average molecular weight is 319 g/mol. The lowest BCUT2D eigenvalue weighted by molar-refractivity contribution is -0.126. The molecule has 2 heterocycles. The van der Waals surface area contributed by atoms with Crippen LogP contribution in [0.1, 0.15) is 12.8 Å². The first-order valence-corrected chi connectivity index (χ1v) is 8.85. The Morgan fingerprint density at radius 3 is 2.77 bits per heavy atom. The molecule has 1 aromatic rings. The SMILES string of the molecule is CSc1ccc(N2CC(C(=O)NC3CCNC3)CC2=O)cc1. The summed E-state index contributed by atoms with van der Waals surface area (Å²) in [6, 6.07) is 8.11. The number of anilines is 1. The maximum absolute atomic E-state index is 12.3. The largest absolute Gasteiger partial charge is 0.352 e. The molecule has 6 heteroatoms. The normalized spacial score (nSPS) is 24.8. The second kappa shape index (κ2) is 6.71. The van der Waals surface area contributed by atoms with Gasteiger partial charge < -0.3 is 15.5 Å². The number of nitrogens with zero attached hydrogens (tertiary/aromatic N) is 1. The highest BCUT2D eigenvalue weighted by Gasteiger charge is 2.35. The van der Waals surface area contributed by atoms with Gasteiger partial charge in [-0.25, -0.2) is 0 Å². The van der Waals surface area contributed by atoms with E-state index >= 15 is 0 Å². The summed E-state index contributed by atoms with van der Waals surface area (Å²) in [6.07, 6.45) is 3.29. The molecular weight excluding hydrogens is 298 g/mol. The second-order valence-corrected chi connectivity index (χ2v) is 6.68. The van der Waals surface area contributed by atoms with E-state index in [0.717, 1.165) is 25.2 Å². The van der Waals surface area contributed by atoms with Crippen LogP contribution in [0.2, 0.25) is 0 Å². The molecule has 2 amide bonds. The number of carbonyl (C=O) groups is 2. The van der Waals surface area contributed by atoms with Crippen molar-refractivity contribution in [3.8, 4) is 0 Å². The van der Waals surface area contributed by atoms with Crippen molar-refractivity contribution in [2.24, 2.45) is 5.92 Å². The lowest BCUT2D eigenvalue weighted by atomic mass is 10.1. The Morgan fingerprint density at radius 1 is 1.36 bits per heavy atom. The van der Waals surface area contributed by atoms with Gasteiger partial charge in [0.2, 0.25) is 11.8 Å². The van der Waals surface area contributed by atoms with E-state index in [0.29, 0.717) is 13.0 Å². The van der Waals surface area contributed by atoms with E-state index in [2.05, 4.69) is 10.6 Å². The number of benzene rings is 1. The van der Waals surface area contributed by atoms with Crippen molar-refractivity contribution in [1.29, 1.82) is 0 Å². The smallest absolute Gasteiger partial charge is 0.227 e. The number of thioether (sulfide) groups is 1. The van der Waals surface area contributed by atoms with Crippen LogP contribution in [0.4, 0.5) is 5.69 Å². The first-order valence-electron chi connectivity index (χ1n) is 7.63. The van der Waals surface area contributed by atoms with Gasteiger partial charge in [0.1, 0.15) is 0 Å². The summed E-state index contributed by atoms with van der Waals surface area (Å²) in [5.41, 5.74) is 0.876. The molecule has 0 saturated carbocycles. The highest BCUT2D eigenvalue weighted by molar-refractivity contribution is 7.98. The lowest BCUT2D eigenvalue weighted by Gasteiger charge is -2.18. The third kappa shape index (κ3) is 3.28. The first kappa shape index (κ1) is 15.4. The van der Waals surface area contributed by atoms with Crippen LogP contribution in [0.5, 0.6) is 0 Å². The standard InChI is InChI=1S/C16H21N3O2S/c1-22-14-4-2-13(3-5-14)19-10-11(8-15(19)20)16(21)18-12-6-7-17-9-12/h2-5,11-12,17H,6-10H2,1H3,(H,18,21). The van der Waals surface area contributed by atoms with Crippen molar-refractivity contribution in [2.45, 2.75) is 23.8 Å². The Morgan fingerprint density at radius 2 is 2.14 bits per heavy atom. The average Bonchev–Trinajstić information content (AvgIpc) is 3.17. The maximum atomic E-state index is 12.3. The van der Waals surface area contributed by atoms with Gasteiger partial charge in [0, 0.05) is 36.1 Å². The molecule has 2 atom stereocenters. The van der Waals surface area contributed by atoms with E-state index in [1.807, 2.05) is 30.5 Å². The Balaban J connectivity index is 1.63. The summed E-state index contributed by atoms with van der Waals surface area (Å²) < 4.78 is 0. The fourth-order valence-corrected chi connectivity index (χ4v) is 3.40. The summed E-state index contributed by atoms with van der Waals surface area (Å²) in [6.45, 7) is 2.25. The molecule has 2 fully saturated rings. The Labute approximate surface area is 134 Å². The molecule has 0 aromatic heterocycles. The quantitative estimate of drug-likeness (QED) is 0.820. The van der Waals surface area contributed by atoms with Gasteiger partial charge in [-0.05, 0) is 43.5 Å². The van der Waals surface area contributed by atoms with E-state index < -0.39 is 0 Å². The molecule has 2 saturated heterocycles. The fourth-order valence-electron chi connectivity index (χ4n) is 2.99. The Bertz CT molecular complexity index is 555. The Hall–Kier alpha value is -1.53. The van der Waals surface area contributed by atoms with Crippen LogP contribution in [0.25, 0.3) is 0 Å². The molecule has 5 nitrogen and oxygen atoms in total. The van der Waals surface area contributed by atoms with Gasteiger partial charge in [-0.15, -0.1) is 11.8 Å². The zero-order chi connectivity index (χ0) is 15.5. The van der Waals surface area contributed by atoms with Crippen molar-refractivity contribution in [3.05, 3.63) is 24.3 Å². The van der Waals surface area contributed by atoms with Crippen LogP contribution in [-0.4, -0.2) is 43.7 Å². The topological polar surface area (TPSA) is 61.4 Å². The molecule has 2 aliphatic rings. The molecule has 3 rings (SSSR count). The van der Waals surface area contributed by atoms with Gasteiger partial charge in [-0.1, -0.05) is 0 Å². The zero-order valence-electron chi connectivity index (χ0n) is 12.7. The molecule has 0 spiro atoms. The van der Waals surface area contributed by atoms with Gasteiger partial charge in [-0.3, -0.25) is 9.59 Å². The third-order valence-corrected chi connectivity index (χ3v) is 5.03. The molecule has 118 valence electrons. The number of nitrogens with one attached hydrogen (secondary N) is 2. The fraction of sp³-hybridized carbons (Fsp3) is 0.500. The summed E-state index contributed by atoms with van der Waals surface area (Å²) >= 11 is 1.67. The van der Waals surface area contributed by atoms with Crippen LogP contribution in [0, 0.1) is 5.92 Å². The molecule has 0 radical (unpaired) electrons. The van der Waals surface area contributed by atoms with E-state index in [1.165, 1.54) is 4.90 Å². The molecule has 2 unspecified atom stereocenters. The Kier molecular flexibility index (Phi) is 4.69. The molecule has 0 bridgehead atoms. The van der Waals surface area contributed by atoms with Crippen molar-refractivity contribution in [2.75, 3.05) is 30.8 Å². The molecule has 2 N–H and O–H groups in total. The lowest BCUT2D eigenvalue weighted by Crippen LogP contribution is -2.40. The minimum absolute atomic E-state index is 0.00489. The van der Waals surface area contributed by atoms with Gasteiger partial charge in [-0.2, -0.15) is 0 Å². The maximum Gasteiger partial charge on any atom is 0.227 e. The number of hydrogen-bond acceptors (Lipinski definition) is 4. The minimum Gasteiger partial charge on any atom is -0.352 e. The highest BCUT2D eigenvalue weighted by atomic mass is 32.2. The summed E-state index contributed by atoms with van der Waals surface area (Å²) in [4.78, 5) is 27.4. The minimum atomic E-state index is -0.242. The van der Waals surface area contributed by atoms with Gasteiger partial charge >= 0.3 is 0 Å². The molecule has 0 aliphatic carbocycles. The van der Waals surface area contributed by atoms with Crippen LogP contribution >= 0.6 is 11.8 Å². The monoisotopic (exact) mass is 319 g/mol. The highest BCUT2D eigenvalue weighted by Crippen LogP contribution is 2.27. The third-order valence-electron chi connectivity index (χ3n) is 4.29. The first-order chi connectivity index (χ1) is 10.7. The van der Waals surface area contributed by atoms with E-state index in [9.17, 15) is 9.59 Å². The molecular formula is C16H21N3O2S. The summed E-state index contributed by atoms with van der Waals surface area (Å²) in [5, 5.41) is 6.28. The predicted octanol–water partition coefficient (Wildman–Crippen LogP) is 1.24. The summed E-state index contributed by atoms with van der Waals surface area (Å²) in [5.74, 6) is -0.208. The van der Waals surface area contributed by atoms with E-state index in [4.69, 9.17) is 0 Å². The van der Waals surface area contributed by atoms with Gasteiger partial charge in [0.05, 0.1) is 5.92 Å². The predicted molar refractivity (Wildman–Crippen MR) is 88.1 cm³/mol. The van der Waals surface area contributed by atoms with Crippen LogP contribution in [0.15, 0.2) is 29.2 Å². The van der Waals surface area contributed by atoms with E-state index in [-0.39, 0.29) is 23.8 Å². The zero-order valence-corrected chi connectivity index (χ0v) is 13.5. The number of hydrogen-bond donors (Lipinski definition) is 2. The van der Waals surface area contributed by atoms with Crippen molar-refractivity contribution >= 4 is 29.3 Å². The molecule has 2 aliphatic heterocycles. The van der Waals surface area contributed by atoms with Crippen LogP contribution in [0.3, 0.4) is 0 Å². The van der Waals surface area contributed by atoms with Crippen molar-refractivity contribution in [1.82, 2.24) is 10.6 Å². The van der Waals surface area contributed by atoms with Gasteiger partial charge in [0.25, 0.3) is 0 Å². The van der Waals surface area contributed by atoms with Crippen molar-refractivity contribution in [3.63, 3.8) is 0 Å². The molecule has 22 heavy (non-hydrogen) atoms. The van der Waals surface area contributed by atoms with Gasteiger partial charge in [0.15, 0.2) is 0 Å². The van der Waals surface area contributed by atoms with Crippen LogP contribution in [-0.2, 0) is 9.59 Å². The molecule has 1 aromatic carbocycles. The van der Waals surface area contributed by atoms with E-state index in [1.54, 1.807) is 16.7 Å². The summed E-state index contributed by atoms with van der Waals surface area (Å²) in [7, 11) is 0. The number of carbonyl (C=O) groups excluding carboxylic acids is 2. The van der Waals surface area contributed by atoms with Crippen molar-refractivity contribution < 1.29 is 9.59 Å². The van der Waals surface area contributed by atoms with Crippen LogP contribution < -0.4 is 15.5 Å².